The molecule has 0 aromatic heterocycles. The van der Waals surface area contributed by atoms with Crippen LogP contribution in [-0.2, 0) is 29.1 Å². The Labute approximate surface area is 188 Å². The van der Waals surface area contributed by atoms with Crippen LogP contribution in [0, 0.1) is 12.8 Å². The minimum atomic E-state index is -4.04. The van der Waals surface area contributed by atoms with Crippen LogP contribution in [0.2, 0.25) is 0 Å². The molecule has 1 heterocycles. The fraction of sp³-hybridized carbons (Fsp3) is 0.500. The number of hydrogen-bond donors (Lipinski definition) is 2. The van der Waals surface area contributed by atoms with Crippen molar-refractivity contribution in [1.29, 1.82) is 0 Å². The second kappa shape index (κ2) is 10.2. The molecule has 1 aliphatic carbocycles. The molecular weight excluding hydrogens is 434 g/mol. The van der Waals surface area contributed by atoms with E-state index >= 15 is 0 Å². The van der Waals surface area contributed by atoms with Crippen LogP contribution in [0.5, 0.6) is 0 Å². The highest BCUT2D eigenvalue weighted by molar-refractivity contribution is 7.89. The summed E-state index contributed by atoms with van der Waals surface area (Å²) in [5.41, 5.74) is 0.899. The summed E-state index contributed by atoms with van der Waals surface area (Å²) in [7, 11) is -4.04. The molecule has 1 fully saturated rings. The molecular formula is C22H29N3O6S. The van der Waals surface area contributed by atoms with Gasteiger partial charge >= 0.3 is 5.97 Å². The molecule has 0 unspecified atom stereocenters. The van der Waals surface area contributed by atoms with Crippen LogP contribution in [0.15, 0.2) is 41.6 Å². The summed E-state index contributed by atoms with van der Waals surface area (Å²) in [6.45, 7) is 3.83. The van der Waals surface area contributed by atoms with E-state index < -0.39 is 39.8 Å². The molecule has 1 aromatic carbocycles. The number of benzene rings is 1. The van der Waals surface area contributed by atoms with Gasteiger partial charge in [0.25, 0.3) is 10.0 Å². The zero-order valence-electron chi connectivity index (χ0n) is 18.2. The summed E-state index contributed by atoms with van der Waals surface area (Å²) >= 11 is 0. The van der Waals surface area contributed by atoms with E-state index in [2.05, 4.69) is 10.6 Å². The molecule has 0 radical (unpaired) electrons. The molecule has 1 aromatic rings. The average molecular weight is 464 g/mol. The summed E-state index contributed by atoms with van der Waals surface area (Å²) in [5.74, 6) is -1.88. The fourth-order valence-corrected chi connectivity index (χ4v) is 5.50. The lowest BCUT2D eigenvalue weighted by molar-refractivity contribution is -0.150. The van der Waals surface area contributed by atoms with Gasteiger partial charge in [-0.2, -0.15) is 0 Å². The normalized spacial score (nSPS) is 23.4. The third kappa shape index (κ3) is 5.29. The van der Waals surface area contributed by atoms with Gasteiger partial charge in [0.2, 0.25) is 11.8 Å². The van der Waals surface area contributed by atoms with E-state index in [0.717, 1.165) is 22.7 Å². The number of rotatable bonds is 7. The standard InChI is InChI=1S/C22H29N3O6S/c1-3-31-22(28)17-6-4-5-7-18(17)24-20(26)14-19-21(27)23-12-13-25(19)32(29,30)16-10-8-15(2)9-11-16/h8-13,17-19H,3-7,14H2,1-2H3,(H,23,27)(H,24,26)/t17-,18+,19-/m1/s1. The Hall–Kier alpha value is -2.88. The highest BCUT2D eigenvalue weighted by Crippen LogP contribution is 2.27. The Bertz CT molecular complexity index is 989. The van der Waals surface area contributed by atoms with Gasteiger partial charge in [-0.15, -0.1) is 0 Å². The average Bonchev–Trinajstić information content (AvgIpc) is 2.76. The van der Waals surface area contributed by atoms with E-state index in [0.29, 0.717) is 12.8 Å². The van der Waals surface area contributed by atoms with Crippen molar-refractivity contribution in [3.05, 3.63) is 42.2 Å². The Morgan fingerprint density at radius 3 is 2.56 bits per heavy atom. The molecule has 0 bridgehead atoms. The molecule has 0 saturated heterocycles. The molecule has 3 atom stereocenters. The number of amides is 2. The fourth-order valence-electron chi connectivity index (χ4n) is 4.05. The largest absolute Gasteiger partial charge is 0.466 e. The number of nitrogens with zero attached hydrogens (tertiary/aromatic N) is 1. The van der Waals surface area contributed by atoms with Gasteiger partial charge in [0.15, 0.2) is 0 Å². The third-order valence-electron chi connectivity index (χ3n) is 5.73. The van der Waals surface area contributed by atoms with Crippen molar-refractivity contribution >= 4 is 27.8 Å². The third-order valence-corrected chi connectivity index (χ3v) is 7.53. The number of carbonyl (C=O) groups is 3. The summed E-state index contributed by atoms with van der Waals surface area (Å²) in [5, 5.41) is 5.30. The van der Waals surface area contributed by atoms with Gasteiger partial charge in [0, 0.05) is 18.4 Å². The van der Waals surface area contributed by atoms with Crippen molar-refractivity contribution in [2.75, 3.05) is 6.61 Å². The van der Waals surface area contributed by atoms with E-state index in [1.165, 1.54) is 24.5 Å². The first-order chi connectivity index (χ1) is 15.2. The van der Waals surface area contributed by atoms with Gasteiger partial charge in [0.1, 0.15) is 6.04 Å². The Morgan fingerprint density at radius 2 is 1.88 bits per heavy atom. The molecule has 9 nitrogen and oxygen atoms in total. The van der Waals surface area contributed by atoms with Crippen LogP contribution >= 0.6 is 0 Å². The zero-order valence-corrected chi connectivity index (χ0v) is 19.1. The zero-order chi connectivity index (χ0) is 23.3. The molecule has 1 aliphatic heterocycles. The second-order valence-corrected chi connectivity index (χ2v) is 9.85. The van der Waals surface area contributed by atoms with E-state index in [4.69, 9.17) is 4.74 Å². The molecule has 10 heteroatoms. The van der Waals surface area contributed by atoms with E-state index in [1.54, 1.807) is 19.1 Å². The number of ether oxygens (including phenoxy) is 1. The minimum Gasteiger partial charge on any atom is -0.466 e. The van der Waals surface area contributed by atoms with Gasteiger partial charge in [-0.25, -0.2) is 8.42 Å². The van der Waals surface area contributed by atoms with Gasteiger partial charge in [0.05, 0.1) is 23.8 Å². The number of aryl methyl sites for hydroxylation is 1. The number of carbonyl (C=O) groups excluding carboxylic acids is 3. The first-order valence-corrected chi connectivity index (χ1v) is 12.2. The van der Waals surface area contributed by atoms with E-state index in [1.807, 2.05) is 6.92 Å². The molecule has 32 heavy (non-hydrogen) atoms. The lowest BCUT2D eigenvalue weighted by Gasteiger charge is -2.33. The quantitative estimate of drug-likeness (QED) is 0.592. The first-order valence-electron chi connectivity index (χ1n) is 10.8. The monoisotopic (exact) mass is 463 g/mol. The molecule has 3 rings (SSSR count). The molecule has 0 spiro atoms. The van der Waals surface area contributed by atoms with Crippen LogP contribution in [0.3, 0.4) is 0 Å². The van der Waals surface area contributed by atoms with Crippen molar-refractivity contribution in [2.45, 2.75) is 62.9 Å². The van der Waals surface area contributed by atoms with Crippen LogP contribution < -0.4 is 10.6 Å². The second-order valence-electron chi connectivity index (χ2n) is 8.01. The summed E-state index contributed by atoms with van der Waals surface area (Å²) in [6.07, 6.45) is 5.09. The summed E-state index contributed by atoms with van der Waals surface area (Å²) < 4.78 is 32.3. The molecule has 2 N–H and O–H groups in total. The summed E-state index contributed by atoms with van der Waals surface area (Å²) in [6, 6.07) is 4.62. The van der Waals surface area contributed by atoms with Gasteiger partial charge < -0.3 is 15.4 Å². The lowest BCUT2D eigenvalue weighted by Crippen LogP contribution is -2.52. The van der Waals surface area contributed by atoms with Crippen LogP contribution in [-0.4, -0.2) is 49.2 Å². The number of esters is 1. The van der Waals surface area contributed by atoms with Crippen molar-refractivity contribution in [3.63, 3.8) is 0 Å². The highest BCUT2D eigenvalue weighted by Gasteiger charge is 2.38. The smallest absolute Gasteiger partial charge is 0.311 e. The minimum absolute atomic E-state index is 0.0301. The van der Waals surface area contributed by atoms with Crippen molar-refractivity contribution < 1.29 is 27.5 Å². The van der Waals surface area contributed by atoms with Gasteiger partial charge in [-0.1, -0.05) is 30.5 Å². The topological polar surface area (TPSA) is 122 Å². The SMILES string of the molecule is CCOC(=O)[C@@H]1CCCC[C@@H]1NC(=O)C[C@@H]1C(=O)NC=CN1S(=O)(=O)c1ccc(C)cc1. The Kier molecular flexibility index (Phi) is 7.55. The van der Waals surface area contributed by atoms with Gasteiger partial charge in [-0.05, 0) is 38.8 Å². The predicted molar refractivity (Wildman–Crippen MR) is 116 cm³/mol. The first kappa shape index (κ1) is 23.8. The Balaban J connectivity index is 1.75. The number of hydrogen-bond acceptors (Lipinski definition) is 6. The molecule has 1 saturated carbocycles. The maximum atomic E-state index is 13.1. The number of nitrogens with one attached hydrogen (secondary N) is 2. The molecule has 174 valence electrons. The number of sulfonamides is 1. The molecule has 2 aliphatic rings. The highest BCUT2D eigenvalue weighted by atomic mass is 32.2. The Morgan fingerprint density at radius 1 is 1.19 bits per heavy atom. The molecule has 2 amide bonds. The van der Waals surface area contributed by atoms with Crippen LogP contribution in [0.4, 0.5) is 0 Å². The van der Waals surface area contributed by atoms with E-state index in [9.17, 15) is 22.8 Å². The van der Waals surface area contributed by atoms with Crippen molar-refractivity contribution in [1.82, 2.24) is 14.9 Å². The van der Waals surface area contributed by atoms with Crippen LogP contribution in [0.1, 0.15) is 44.6 Å². The predicted octanol–water partition coefficient (Wildman–Crippen LogP) is 1.58. The van der Waals surface area contributed by atoms with E-state index in [-0.39, 0.29) is 23.9 Å². The van der Waals surface area contributed by atoms with Crippen LogP contribution in [0.25, 0.3) is 0 Å². The van der Waals surface area contributed by atoms with Crippen molar-refractivity contribution in [3.8, 4) is 0 Å². The maximum Gasteiger partial charge on any atom is 0.311 e. The lowest BCUT2D eigenvalue weighted by atomic mass is 9.84. The van der Waals surface area contributed by atoms with Crippen molar-refractivity contribution in [2.24, 2.45) is 5.92 Å². The van der Waals surface area contributed by atoms with Gasteiger partial charge in [-0.3, -0.25) is 18.7 Å². The summed E-state index contributed by atoms with van der Waals surface area (Å²) in [4.78, 5) is 37.6. The maximum absolute atomic E-state index is 13.1.